The number of halogens is 2. The van der Waals surface area contributed by atoms with Gasteiger partial charge in [-0.2, -0.15) is 5.10 Å². The molecule has 1 aliphatic heterocycles. The smallest absolute Gasteiger partial charge is 0.169 e. The number of nitrogens with zero attached hydrogens (tertiary/aromatic N) is 2. The van der Waals surface area contributed by atoms with E-state index in [0.29, 0.717) is 57.4 Å². The molecular weight excluding hydrogens is 459 g/mol. The van der Waals surface area contributed by atoms with Crippen molar-refractivity contribution in [3.05, 3.63) is 40.8 Å². The first-order chi connectivity index (χ1) is 16.5. The predicted octanol–water partition coefficient (Wildman–Crippen LogP) is 5.36. The summed E-state index contributed by atoms with van der Waals surface area (Å²) in [6, 6.07) is 6.02. The monoisotopic (exact) mass is 484 g/mol. The van der Waals surface area contributed by atoms with Crippen molar-refractivity contribution in [3.63, 3.8) is 0 Å². The zero-order valence-corrected chi connectivity index (χ0v) is 19.8. The Morgan fingerprint density at radius 2 is 1.97 bits per heavy atom. The SMILES string of the molecule is COc1c(OCCC2CCNCC2)cc(F)c2c(-c3ccc(O)c(Cl)c3)nc3[nH]nc(C)c3c12. The number of phenolic OH excluding ortho intramolecular Hbond substituents is 1. The van der Waals surface area contributed by atoms with Crippen molar-refractivity contribution in [1.29, 1.82) is 0 Å². The number of nitrogens with one attached hydrogen (secondary N) is 2. The highest BCUT2D eigenvalue weighted by Crippen LogP contribution is 2.45. The number of piperidine rings is 1. The second-order valence-electron chi connectivity index (χ2n) is 8.63. The van der Waals surface area contributed by atoms with E-state index in [1.165, 1.54) is 12.1 Å². The summed E-state index contributed by atoms with van der Waals surface area (Å²) in [4.78, 5) is 4.65. The first-order valence-electron chi connectivity index (χ1n) is 11.3. The van der Waals surface area contributed by atoms with Gasteiger partial charge >= 0.3 is 0 Å². The number of ether oxygens (including phenoxy) is 2. The molecule has 1 saturated heterocycles. The largest absolute Gasteiger partial charge is 0.506 e. The third-order valence-corrected chi connectivity index (χ3v) is 6.81. The minimum absolute atomic E-state index is 0.0596. The second-order valence-corrected chi connectivity index (χ2v) is 9.04. The molecule has 1 aliphatic rings. The van der Waals surface area contributed by atoms with Crippen molar-refractivity contribution in [2.75, 3.05) is 26.8 Å². The molecule has 4 aromatic rings. The van der Waals surface area contributed by atoms with E-state index in [0.717, 1.165) is 32.4 Å². The fraction of sp³-hybridized carbons (Fsp3) is 0.360. The van der Waals surface area contributed by atoms with Crippen LogP contribution in [0.2, 0.25) is 5.02 Å². The molecule has 5 rings (SSSR count). The number of aromatic nitrogens is 3. The zero-order chi connectivity index (χ0) is 23.8. The number of hydrogen-bond acceptors (Lipinski definition) is 6. The number of benzene rings is 2. The number of rotatable bonds is 6. The van der Waals surface area contributed by atoms with Gasteiger partial charge in [-0.3, -0.25) is 5.10 Å². The Bertz CT molecular complexity index is 1370. The van der Waals surface area contributed by atoms with Gasteiger partial charge in [0.2, 0.25) is 0 Å². The van der Waals surface area contributed by atoms with Crippen molar-refractivity contribution in [2.24, 2.45) is 5.92 Å². The summed E-state index contributed by atoms with van der Waals surface area (Å²) in [6.07, 6.45) is 3.13. The predicted molar refractivity (Wildman–Crippen MR) is 130 cm³/mol. The van der Waals surface area contributed by atoms with E-state index >= 15 is 4.39 Å². The van der Waals surface area contributed by atoms with Crippen LogP contribution in [0.25, 0.3) is 33.1 Å². The van der Waals surface area contributed by atoms with Crippen molar-refractivity contribution >= 4 is 33.4 Å². The number of phenols is 1. The average Bonchev–Trinajstić information content (AvgIpc) is 3.21. The molecule has 9 heteroatoms. The zero-order valence-electron chi connectivity index (χ0n) is 19.0. The van der Waals surface area contributed by atoms with Gasteiger partial charge in [0.05, 0.1) is 35.5 Å². The molecular formula is C25H26ClFN4O3. The van der Waals surface area contributed by atoms with Crippen molar-refractivity contribution < 1.29 is 19.0 Å². The van der Waals surface area contributed by atoms with Gasteiger partial charge in [0, 0.05) is 22.4 Å². The van der Waals surface area contributed by atoms with Crippen LogP contribution >= 0.6 is 11.6 Å². The number of methoxy groups -OCH3 is 1. The van der Waals surface area contributed by atoms with Gasteiger partial charge in [-0.25, -0.2) is 9.37 Å². The number of fused-ring (bicyclic) bond motifs is 3. The third kappa shape index (κ3) is 4.01. The molecule has 0 bridgehead atoms. The van der Waals surface area contributed by atoms with E-state index in [2.05, 4.69) is 20.5 Å². The maximum Gasteiger partial charge on any atom is 0.169 e. The summed E-state index contributed by atoms with van der Waals surface area (Å²) in [5.74, 6) is 0.835. The van der Waals surface area contributed by atoms with E-state index in [1.807, 2.05) is 6.92 Å². The molecule has 3 N–H and O–H groups in total. The van der Waals surface area contributed by atoms with Crippen LogP contribution < -0.4 is 14.8 Å². The summed E-state index contributed by atoms with van der Waals surface area (Å²) in [6.45, 7) is 4.35. The molecule has 3 heterocycles. The van der Waals surface area contributed by atoms with Gasteiger partial charge in [0.15, 0.2) is 17.1 Å². The molecule has 34 heavy (non-hydrogen) atoms. The molecule has 2 aromatic heterocycles. The Morgan fingerprint density at radius 1 is 1.18 bits per heavy atom. The fourth-order valence-corrected chi connectivity index (χ4v) is 4.91. The third-order valence-electron chi connectivity index (χ3n) is 6.50. The van der Waals surface area contributed by atoms with E-state index in [-0.39, 0.29) is 16.2 Å². The fourth-order valence-electron chi connectivity index (χ4n) is 4.73. The van der Waals surface area contributed by atoms with Gasteiger partial charge in [-0.15, -0.1) is 0 Å². The summed E-state index contributed by atoms with van der Waals surface area (Å²) in [5, 5.41) is 22.1. The van der Waals surface area contributed by atoms with Gasteiger partial charge in [-0.1, -0.05) is 11.6 Å². The summed E-state index contributed by atoms with van der Waals surface area (Å²) >= 11 is 6.14. The van der Waals surface area contributed by atoms with Crippen LogP contribution in [0, 0.1) is 18.7 Å². The highest BCUT2D eigenvalue weighted by molar-refractivity contribution is 6.32. The molecule has 0 aliphatic carbocycles. The maximum absolute atomic E-state index is 15.7. The molecule has 2 aromatic carbocycles. The van der Waals surface area contributed by atoms with Gasteiger partial charge in [0.25, 0.3) is 0 Å². The molecule has 7 nitrogen and oxygen atoms in total. The average molecular weight is 485 g/mol. The van der Waals surface area contributed by atoms with Gasteiger partial charge in [0.1, 0.15) is 11.6 Å². The standard InChI is InChI=1S/C25H26ClFN4O3/c1-13-20-22-21(23(29-25(20)31-30-13)15-3-4-18(32)16(26)11-15)17(27)12-19(24(22)33-2)34-10-7-14-5-8-28-9-6-14/h3-4,11-12,14,28,32H,5-10H2,1-2H3,(H,29,30,31). The van der Waals surface area contributed by atoms with E-state index in [4.69, 9.17) is 21.1 Å². The maximum atomic E-state index is 15.7. The highest BCUT2D eigenvalue weighted by Gasteiger charge is 2.24. The second kappa shape index (κ2) is 9.27. The van der Waals surface area contributed by atoms with E-state index < -0.39 is 5.82 Å². The van der Waals surface area contributed by atoms with E-state index in [9.17, 15) is 5.11 Å². The van der Waals surface area contributed by atoms with Crippen LogP contribution in [-0.4, -0.2) is 47.1 Å². The van der Waals surface area contributed by atoms with Gasteiger partial charge in [-0.05, 0) is 63.4 Å². The summed E-state index contributed by atoms with van der Waals surface area (Å²) < 4.78 is 27.6. The molecule has 178 valence electrons. The molecule has 0 radical (unpaired) electrons. The normalized spacial score (nSPS) is 14.7. The Kier molecular flexibility index (Phi) is 6.18. The van der Waals surface area contributed by atoms with Gasteiger partial charge < -0.3 is 19.9 Å². The minimum Gasteiger partial charge on any atom is -0.506 e. The Labute approximate surface area is 201 Å². The lowest BCUT2D eigenvalue weighted by Gasteiger charge is -2.23. The molecule has 0 atom stereocenters. The Balaban J connectivity index is 1.66. The lowest BCUT2D eigenvalue weighted by Crippen LogP contribution is -2.28. The van der Waals surface area contributed by atoms with Crippen molar-refractivity contribution in [1.82, 2.24) is 20.5 Å². The molecule has 0 amide bonds. The highest BCUT2D eigenvalue weighted by atomic mass is 35.5. The van der Waals surface area contributed by atoms with Crippen LogP contribution in [0.5, 0.6) is 17.2 Å². The van der Waals surface area contributed by atoms with Crippen LogP contribution in [0.1, 0.15) is 25.0 Å². The molecule has 0 spiro atoms. The Hall–Kier alpha value is -3.10. The number of aryl methyl sites for hydroxylation is 1. The number of pyridine rings is 1. The Morgan fingerprint density at radius 3 is 2.71 bits per heavy atom. The van der Waals surface area contributed by atoms with Crippen LogP contribution in [0.4, 0.5) is 4.39 Å². The van der Waals surface area contributed by atoms with Crippen LogP contribution in [0.15, 0.2) is 24.3 Å². The lowest BCUT2D eigenvalue weighted by atomic mass is 9.95. The van der Waals surface area contributed by atoms with Crippen molar-refractivity contribution in [3.8, 4) is 28.5 Å². The number of hydrogen-bond donors (Lipinski definition) is 3. The first-order valence-corrected chi connectivity index (χ1v) is 11.7. The number of aromatic amines is 1. The van der Waals surface area contributed by atoms with Crippen LogP contribution in [0.3, 0.4) is 0 Å². The first kappa shape index (κ1) is 22.7. The summed E-state index contributed by atoms with van der Waals surface area (Å²) in [7, 11) is 1.55. The van der Waals surface area contributed by atoms with E-state index in [1.54, 1.807) is 19.2 Å². The molecule has 0 unspecified atom stereocenters. The lowest BCUT2D eigenvalue weighted by molar-refractivity contribution is 0.243. The number of aromatic hydroxyl groups is 1. The quantitative estimate of drug-likeness (QED) is 0.341. The summed E-state index contributed by atoms with van der Waals surface area (Å²) in [5.41, 5.74) is 2.09. The topological polar surface area (TPSA) is 92.3 Å². The van der Waals surface area contributed by atoms with Crippen LogP contribution in [-0.2, 0) is 0 Å². The number of H-pyrrole nitrogens is 1. The molecule has 1 fully saturated rings. The minimum atomic E-state index is -0.484. The van der Waals surface area contributed by atoms with Crippen molar-refractivity contribution in [2.45, 2.75) is 26.2 Å². The molecule has 0 saturated carbocycles.